The first kappa shape index (κ1) is 16.2. The van der Waals surface area contributed by atoms with E-state index in [9.17, 15) is 14.9 Å². The van der Waals surface area contributed by atoms with E-state index in [0.717, 1.165) is 0 Å². The zero-order valence-corrected chi connectivity index (χ0v) is 12.5. The van der Waals surface area contributed by atoms with Crippen molar-refractivity contribution in [3.05, 3.63) is 40.5 Å². The molecule has 1 heterocycles. The lowest BCUT2D eigenvalue weighted by atomic mass is 10.2. The molecule has 0 aliphatic heterocycles. The summed E-state index contributed by atoms with van der Waals surface area (Å²) in [5.74, 6) is 0.640. The van der Waals surface area contributed by atoms with E-state index >= 15 is 0 Å². The van der Waals surface area contributed by atoms with Crippen LogP contribution in [0.4, 0.5) is 16.2 Å². The molecule has 1 aromatic heterocycles. The molecule has 2 rings (SSSR count). The van der Waals surface area contributed by atoms with Crippen LogP contribution in [0.1, 0.15) is 18.7 Å². The van der Waals surface area contributed by atoms with Crippen molar-refractivity contribution >= 4 is 17.4 Å². The number of urea groups is 1. The maximum atomic E-state index is 11.9. The summed E-state index contributed by atoms with van der Waals surface area (Å²) in [6.45, 7) is 2.09. The second kappa shape index (κ2) is 7.20. The van der Waals surface area contributed by atoms with Crippen molar-refractivity contribution in [2.45, 2.75) is 12.8 Å². The number of nitro groups is 1. The molecule has 0 bridgehead atoms. The van der Waals surface area contributed by atoms with Gasteiger partial charge < -0.3 is 19.9 Å². The molecule has 0 aliphatic carbocycles. The third kappa shape index (κ3) is 4.15. The second-order valence-electron chi connectivity index (χ2n) is 4.67. The van der Waals surface area contributed by atoms with Crippen molar-refractivity contribution in [1.82, 2.24) is 15.5 Å². The van der Waals surface area contributed by atoms with Gasteiger partial charge in [0.2, 0.25) is 6.39 Å². The fourth-order valence-corrected chi connectivity index (χ4v) is 1.81. The zero-order chi connectivity index (χ0) is 16.8. The van der Waals surface area contributed by atoms with E-state index in [2.05, 4.69) is 25.3 Å². The van der Waals surface area contributed by atoms with Crippen LogP contribution >= 0.6 is 0 Å². The van der Waals surface area contributed by atoms with Crippen LogP contribution in [0.2, 0.25) is 0 Å². The largest absolute Gasteiger partial charge is 0.495 e. The standard InChI is InChI=1S/C13H15N5O5/c1-8(12-15-7-23-17-12)6-14-13(19)16-10-5-9(18(20)21)3-4-11(10)22-2/h3-5,7-8H,6H2,1-2H3,(H2,14,16,19). The average Bonchev–Trinajstić information content (AvgIpc) is 3.07. The minimum Gasteiger partial charge on any atom is -0.495 e. The smallest absolute Gasteiger partial charge is 0.319 e. The number of non-ortho nitro benzene ring substituents is 1. The fraction of sp³-hybridized carbons (Fsp3) is 0.308. The van der Waals surface area contributed by atoms with E-state index in [-0.39, 0.29) is 23.8 Å². The van der Waals surface area contributed by atoms with Crippen molar-refractivity contribution in [1.29, 1.82) is 0 Å². The number of rotatable bonds is 6. The highest BCUT2D eigenvalue weighted by Crippen LogP contribution is 2.28. The van der Waals surface area contributed by atoms with E-state index in [4.69, 9.17) is 4.74 Å². The summed E-state index contributed by atoms with van der Waals surface area (Å²) in [5.41, 5.74) is 0.0488. The predicted molar refractivity (Wildman–Crippen MR) is 79.4 cm³/mol. The maximum absolute atomic E-state index is 11.9. The number of aromatic nitrogens is 2. The highest BCUT2D eigenvalue weighted by molar-refractivity contribution is 5.91. The number of hydrogen-bond acceptors (Lipinski definition) is 7. The van der Waals surface area contributed by atoms with Gasteiger partial charge in [-0.1, -0.05) is 12.1 Å². The van der Waals surface area contributed by atoms with E-state index < -0.39 is 11.0 Å². The first-order valence-corrected chi connectivity index (χ1v) is 6.64. The SMILES string of the molecule is COc1ccc([N+](=O)[O-])cc1NC(=O)NCC(C)c1ncon1. The number of anilines is 1. The van der Waals surface area contributed by atoms with E-state index in [1.165, 1.54) is 31.7 Å². The first-order valence-electron chi connectivity index (χ1n) is 6.64. The number of amides is 2. The minimum atomic E-state index is -0.555. The number of nitrogens with one attached hydrogen (secondary N) is 2. The van der Waals surface area contributed by atoms with Gasteiger partial charge in [0, 0.05) is 24.6 Å². The molecule has 2 amide bonds. The third-order valence-electron chi connectivity index (χ3n) is 3.03. The number of benzene rings is 1. The van der Waals surface area contributed by atoms with Crippen LogP contribution in [0.25, 0.3) is 0 Å². The molecule has 2 aromatic rings. The van der Waals surface area contributed by atoms with Crippen LogP contribution in [0.3, 0.4) is 0 Å². The molecule has 1 unspecified atom stereocenters. The summed E-state index contributed by atoms with van der Waals surface area (Å²) >= 11 is 0. The van der Waals surface area contributed by atoms with Gasteiger partial charge >= 0.3 is 6.03 Å². The van der Waals surface area contributed by atoms with Crippen molar-refractivity contribution in [2.24, 2.45) is 0 Å². The Morgan fingerprint density at radius 1 is 1.52 bits per heavy atom. The molecular weight excluding hydrogens is 306 g/mol. The molecule has 1 atom stereocenters. The quantitative estimate of drug-likeness (QED) is 0.613. The fourth-order valence-electron chi connectivity index (χ4n) is 1.81. The van der Waals surface area contributed by atoms with Crippen LogP contribution in [-0.2, 0) is 0 Å². The monoisotopic (exact) mass is 321 g/mol. The Balaban J connectivity index is 1.99. The zero-order valence-electron chi connectivity index (χ0n) is 12.5. The lowest BCUT2D eigenvalue weighted by Crippen LogP contribution is -2.32. The maximum Gasteiger partial charge on any atom is 0.319 e. The summed E-state index contributed by atoms with van der Waals surface area (Å²) in [7, 11) is 1.41. The molecule has 0 radical (unpaired) electrons. The number of nitrogens with zero attached hydrogens (tertiary/aromatic N) is 3. The van der Waals surface area contributed by atoms with Crippen LogP contribution < -0.4 is 15.4 Å². The van der Waals surface area contributed by atoms with Gasteiger partial charge in [0.1, 0.15) is 5.75 Å². The van der Waals surface area contributed by atoms with E-state index in [0.29, 0.717) is 11.6 Å². The van der Waals surface area contributed by atoms with Crippen molar-refractivity contribution in [3.63, 3.8) is 0 Å². The lowest BCUT2D eigenvalue weighted by molar-refractivity contribution is -0.384. The Hall–Kier alpha value is -3.17. The highest BCUT2D eigenvalue weighted by atomic mass is 16.6. The highest BCUT2D eigenvalue weighted by Gasteiger charge is 2.15. The second-order valence-corrected chi connectivity index (χ2v) is 4.67. The molecule has 0 saturated carbocycles. The van der Waals surface area contributed by atoms with Crippen molar-refractivity contribution in [2.75, 3.05) is 19.0 Å². The molecule has 122 valence electrons. The van der Waals surface area contributed by atoms with E-state index in [1.54, 1.807) is 0 Å². The number of hydrogen-bond donors (Lipinski definition) is 2. The molecule has 1 aromatic carbocycles. The van der Waals surface area contributed by atoms with Gasteiger partial charge in [-0.05, 0) is 6.07 Å². The van der Waals surface area contributed by atoms with Crippen LogP contribution in [0.15, 0.2) is 29.1 Å². The molecular formula is C13H15N5O5. The third-order valence-corrected chi connectivity index (χ3v) is 3.03. The Morgan fingerprint density at radius 3 is 2.91 bits per heavy atom. The van der Waals surface area contributed by atoms with Crippen LogP contribution in [0.5, 0.6) is 5.75 Å². The number of ether oxygens (including phenoxy) is 1. The predicted octanol–water partition coefficient (Wildman–Crippen LogP) is 1.91. The Labute approximate surface area is 131 Å². The van der Waals surface area contributed by atoms with E-state index in [1.807, 2.05) is 6.92 Å². The summed E-state index contributed by atoms with van der Waals surface area (Å²) in [5, 5.41) is 19.6. The topological polar surface area (TPSA) is 132 Å². The molecule has 0 saturated heterocycles. The van der Waals surface area contributed by atoms with Crippen molar-refractivity contribution in [3.8, 4) is 5.75 Å². The number of carbonyl (C=O) groups excluding carboxylic acids is 1. The summed E-state index contributed by atoms with van der Waals surface area (Å²) in [6.07, 6.45) is 1.21. The van der Waals surface area contributed by atoms with Gasteiger partial charge in [-0.25, -0.2) is 4.79 Å². The molecule has 10 heteroatoms. The van der Waals surface area contributed by atoms with Crippen LogP contribution in [0, 0.1) is 10.1 Å². The Morgan fingerprint density at radius 2 is 2.30 bits per heavy atom. The minimum absolute atomic E-state index is 0.147. The van der Waals surface area contributed by atoms with Gasteiger partial charge in [-0.3, -0.25) is 10.1 Å². The van der Waals surface area contributed by atoms with Gasteiger partial charge in [0.25, 0.3) is 5.69 Å². The van der Waals surface area contributed by atoms with Gasteiger partial charge in [-0.15, -0.1) is 0 Å². The van der Waals surface area contributed by atoms with Crippen LogP contribution in [-0.4, -0.2) is 34.7 Å². The normalized spacial score (nSPS) is 11.6. The van der Waals surface area contributed by atoms with Gasteiger partial charge in [-0.2, -0.15) is 4.98 Å². The molecule has 0 fully saturated rings. The van der Waals surface area contributed by atoms with Gasteiger partial charge in [0.05, 0.1) is 17.7 Å². The Bertz CT molecular complexity index is 688. The molecule has 0 spiro atoms. The number of methoxy groups -OCH3 is 1. The number of nitro benzene ring substituents is 1. The molecule has 10 nitrogen and oxygen atoms in total. The average molecular weight is 321 g/mol. The molecule has 23 heavy (non-hydrogen) atoms. The molecule has 2 N–H and O–H groups in total. The summed E-state index contributed by atoms with van der Waals surface area (Å²) in [6, 6.07) is 3.40. The summed E-state index contributed by atoms with van der Waals surface area (Å²) in [4.78, 5) is 26.1. The summed E-state index contributed by atoms with van der Waals surface area (Å²) < 4.78 is 9.70. The Kier molecular flexibility index (Phi) is 5.07. The molecule has 0 aliphatic rings. The first-order chi connectivity index (χ1) is 11.0. The van der Waals surface area contributed by atoms with Crippen molar-refractivity contribution < 1.29 is 19.0 Å². The number of carbonyl (C=O) groups is 1. The lowest BCUT2D eigenvalue weighted by Gasteiger charge is -2.12. The van der Waals surface area contributed by atoms with Gasteiger partial charge in [0.15, 0.2) is 5.82 Å².